The van der Waals surface area contributed by atoms with Gasteiger partial charge in [0.05, 0.1) is 0 Å². The topological polar surface area (TPSA) is 12.0 Å². The molecule has 2 fully saturated rings. The van der Waals surface area contributed by atoms with Crippen molar-refractivity contribution in [3.63, 3.8) is 0 Å². The zero-order valence-electron chi connectivity index (χ0n) is 8.82. The molecule has 1 spiro atoms. The van der Waals surface area contributed by atoms with Crippen molar-refractivity contribution in [3.8, 4) is 0 Å². The third kappa shape index (κ3) is 2.22. The van der Waals surface area contributed by atoms with E-state index in [1.54, 1.807) is 0 Å². The summed E-state index contributed by atoms with van der Waals surface area (Å²) in [5, 5.41) is 3.63. The van der Waals surface area contributed by atoms with Gasteiger partial charge in [-0.1, -0.05) is 27.2 Å². The van der Waals surface area contributed by atoms with Crippen LogP contribution in [0.3, 0.4) is 0 Å². The summed E-state index contributed by atoms with van der Waals surface area (Å²) in [4.78, 5) is 0. The third-order valence-corrected chi connectivity index (χ3v) is 3.16. The lowest BCUT2D eigenvalue weighted by molar-refractivity contribution is 0.281. The van der Waals surface area contributed by atoms with Crippen molar-refractivity contribution in [2.45, 2.75) is 58.4 Å². The molecule has 1 aliphatic heterocycles. The lowest BCUT2D eigenvalue weighted by Crippen LogP contribution is -2.39. The van der Waals surface area contributed by atoms with Gasteiger partial charge in [-0.3, -0.25) is 0 Å². The number of nitrogens with one attached hydrogen (secondary N) is 1. The largest absolute Gasteiger partial charge is 0.311 e. The molecule has 0 aromatic heterocycles. The van der Waals surface area contributed by atoms with E-state index in [0.717, 1.165) is 5.92 Å². The Morgan fingerprint density at radius 3 is 2.50 bits per heavy atom. The lowest BCUT2D eigenvalue weighted by atomic mass is 9.89. The van der Waals surface area contributed by atoms with E-state index in [1.807, 2.05) is 13.8 Å². The van der Waals surface area contributed by atoms with Crippen LogP contribution < -0.4 is 5.32 Å². The number of piperidine rings is 1. The van der Waals surface area contributed by atoms with E-state index >= 15 is 0 Å². The maximum atomic E-state index is 3.63. The van der Waals surface area contributed by atoms with Gasteiger partial charge >= 0.3 is 0 Å². The molecule has 1 heterocycles. The van der Waals surface area contributed by atoms with Crippen LogP contribution >= 0.6 is 0 Å². The summed E-state index contributed by atoms with van der Waals surface area (Å²) in [7, 11) is 0. The molecule has 1 saturated carbocycles. The van der Waals surface area contributed by atoms with Crippen LogP contribution in [-0.2, 0) is 0 Å². The molecule has 1 aliphatic carbocycles. The first-order chi connectivity index (χ1) is 5.85. The van der Waals surface area contributed by atoms with E-state index in [2.05, 4.69) is 12.2 Å². The molecular formula is C11H23N. The van der Waals surface area contributed by atoms with Gasteiger partial charge in [-0.2, -0.15) is 0 Å². The Morgan fingerprint density at radius 1 is 1.33 bits per heavy atom. The van der Waals surface area contributed by atoms with Crippen LogP contribution in [0.15, 0.2) is 0 Å². The van der Waals surface area contributed by atoms with Crippen molar-refractivity contribution in [2.24, 2.45) is 5.92 Å². The van der Waals surface area contributed by atoms with Crippen molar-refractivity contribution in [1.29, 1.82) is 0 Å². The average Bonchev–Trinajstić information content (AvgIpc) is 2.88. The number of hydrogen-bond donors (Lipinski definition) is 1. The Bertz CT molecular complexity index is 127. The Balaban J connectivity index is 0.000000336. The molecular weight excluding hydrogens is 146 g/mol. The van der Waals surface area contributed by atoms with Crippen molar-refractivity contribution in [3.05, 3.63) is 0 Å². The Labute approximate surface area is 76.9 Å². The SMILES string of the molecule is CC.CCC1CCNC2(CC2)C1. The number of rotatable bonds is 1. The first kappa shape index (κ1) is 10.0. The first-order valence-electron chi connectivity index (χ1n) is 5.60. The third-order valence-electron chi connectivity index (χ3n) is 3.16. The lowest BCUT2D eigenvalue weighted by Gasteiger charge is -2.29. The minimum atomic E-state index is 0.652. The molecule has 0 bridgehead atoms. The molecule has 72 valence electrons. The predicted octanol–water partition coefficient (Wildman–Crippen LogP) is 2.95. The molecule has 0 aromatic rings. The highest BCUT2D eigenvalue weighted by Crippen LogP contribution is 2.44. The average molecular weight is 169 g/mol. The van der Waals surface area contributed by atoms with Gasteiger partial charge in [-0.15, -0.1) is 0 Å². The van der Waals surface area contributed by atoms with E-state index in [4.69, 9.17) is 0 Å². The summed E-state index contributed by atoms with van der Waals surface area (Å²) >= 11 is 0. The van der Waals surface area contributed by atoms with Crippen LogP contribution in [0.5, 0.6) is 0 Å². The zero-order chi connectivity index (χ0) is 9.03. The van der Waals surface area contributed by atoms with Crippen LogP contribution in [0.2, 0.25) is 0 Å². The molecule has 12 heavy (non-hydrogen) atoms. The highest BCUT2D eigenvalue weighted by atomic mass is 15.0. The van der Waals surface area contributed by atoms with Crippen LogP contribution in [0, 0.1) is 5.92 Å². The van der Waals surface area contributed by atoms with Crippen LogP contribution in [0.4, 0.5) is 0 Å². The highest BCUT2D eigenvalue weighted by molar-refractivity contribution is 5.04. The van der Waals surface area contributed by atoms with E-state index < -0.39 is 0 Å². The Morgan fingerprint density at radius 2 is 2.00 bits per heavy atom. The van der Waals surface area contributed by atoms with Gasteiger partial charge in [0.1, 0.15) is 0 Å². The highest BCUT2D eigenvalue weighted by Gasteiger charge is 2.45. The standard InChI is InChI=1S/C9H17N.C2H6/c1-2-8-3-6-10-9(7-8)4-5-9;1-2/h8,10H,2-7H2,1H3;1-2H3. The summed E-state index contributed by atoms with van der Waals surface area (Å²) in [6.45, 7) is 7.60. The molecule has 1 nitrogen and oxygen atoms in total. The molecule has 2 aliphatic rings. The second kappa shape index (κ2) is 4.27. The van der Waals surface area contributed by atoms with Gasteiger partial charge in [0.2, 0.25) is 0 Å². The van der Waals surface area contributed by atoms with Crippen LogP contribution in [0.25, 0.3) is 0 Å². The first-order valence-corrected chi connectivity index (χ1v) is 5.60. The fourth-order valence-corrected chi connectivity index (χ4v) is 2.15. The monoisotopic (exact) mass is 169 g/mol. The summed E-state index contributed by atoms with van der Waals surface area (Å²) in [5.41, 5.74) is 0.652. The number of hydrogen-bond acceptors (Lipinski definition) is 1. The maximum Gasteiger partial charge on any atom is 0.0185 e. The Kier molecular flexibility index (Phi) is 3.57. The normalized spacial score (nSPS) is 30.8. The second-order valence-corrected chi connectivity index (χ2v) is 3.97. The molecule has 1 unspecified atom stereocenters. The smallest absolute Gasteiger partial charge is 0.0185 e. The molecule has 0 amide bonds. The van der Waals surface area contributed by atoms with Crippen molar-refractivity contribution in [2.75, 3.05) is 6.54 Å². The van der Waals surface area contributed by atoms with E-state index in [0.29, 0.717) is 5.54 Å². The van der Waals surface area contributed by atoms with Gasteiger partial charge in [0.25, 0.3) is 0 Å². The van der Waals surface area contributed by atoms with E-state index in [-0.39, 0.29) is 0 Å². The molecule has 1 atom stereocenters. The fraction of sp³-hybridized carbons (Fsp3) is 1.00. The van der Waals surface area contributed by atoms with E-state index in [1.165, 1.54) is 38.6 Å². The van der Waals surface area contributed by atoms with Crippen molar-refractivity contribution < 1.29 is 0 Å². The summed E-state index contributed by atoms with van der Waals surface area (Å²) in [6.07, 6.45) is 7.16. The van der Waals surface area contributed by atoms with Crippen LogP contribution in [-0.4, -0.2) is 12.1 Å². The molecule has 2 rings (SSSR count). The van der Waals surface area contributed by atoms with E-state index in [9.17, 15) is 0 Å². The quantitative estimate of drug-likeness (QED) is 0.636. The van der Waals surface area contributed by atoms with Crippen molar-refractivity contribution in [1.82, 2.24) is 5.32 Å². The van der Waals surface area contributed by atoms with Gasteiger partial charge < -0.3 is 5.32 Å². The Hall–Kier alpha value is -0.0400. The van der Waals surface area contributed by atoms with Gasteiger partial charge in [-0.25, -0.2) is 0 Å². The van der Waals surface area contributed by atoms with Gasteiger partial charge in [-0.05, 0) is 38.1 Å². The maximum absolute atomic E-state index is 3.63. The summed E-state index contributed by atoms with van der Waals surface area (Å²) < 4.78 is 0. The predicted molar refractivity (Wildman–Crippen MR) is 54.3 cm³/mol. The molecule has 0 radical (unpaired) electrons. The second-order valence-electron chi connectivity index (χ2n) is 3.97. The van der Waals surface area contributed by atoms with Crippen LogP contribution in [0.1, 0.15) is 52.9 Å². The minimum Gasteiger partial charge on any atom is -0.311 e. The molecule has 1 N–H and O–H groups in total. The molecule has 0 aromatic carbocycles. The van der Waals surface area contributed by atoms with Crippen molar-refractivity contribution >= 4 is 0 Å². The van der Waals surface area contributed by atoms with Gasteiger partial charge in [0.15, 0.2) is 0 Å². The molecule has 1 heteroatoms. The molecule has 1 saturated heterocycles. The van der Waals surface area contributed by atoms with Gasteiger partial charge in [0, 0.05) is 5.54 Å². The summed E-state index contributed by atoms with van der Waals surface area (Å²) in [5.74, 6) is 1.03. The minimum absolute atomic E-state index is 0.652. The fourth-order valence-electron chi connectivity index (χ4n) is 2.15. The summed E-state index contributed by atoms with van der Waals surface area (Å²) in [6, 6.07) is 0. The zero-order valence-corrected chi connectivity index (χ0v) is 8.82.